The summed E-state index contributed by atoms with van der Waals surface area (Å²) in [5.41, 5.74) is 1.34. The molecule has 2 rings (SSSR count). The highest BCUT2D eigenvalue weighted by Gasteiger charge is 2.19. The Kier molecular flexibility index (Phi) is 6.78. The smallest absolute Gasteiger partial charge is 0.313 e. The van der Waals surface area contributed by atoms with Crippen LogP contribution in [0.25, 0.3) is 0 Å². The molecule has 0 aliphatic rings. The molecule has 6 heteroatoms. The van der Waals surface area contributed by atoms with Gasteiger partial charge in [-0.25, -0.2) is 0 Å². The van der Waals surface area contributed by atoms with E-state index in [4.69, 9.17) is 16.7 Å². The predicted octanol–water partition coefficient (Wildman–Crippen LogP) is 2.91. The summed E-state index contributed by atoms with van der Waals surface area (Å²) in [5, 5.41) is 14.7. The van der Waals surface area contributed by atoms with Gasteiger partial charge in [-0.1, -0.05) is 48.0 Å². The number of anilines is 1. The van der Waals surface area contributed by atoms with Crippen molar-refractivity contribution in [2.45, 2.75) is 18.9 Å². The maximum atomic E-state index is 12.2. The highest BCUT2D eigenvalue weighted by Crippen LogP contribution is 2.18. The summed E-state index contributed by atoms with van der Waals surface area (Å²) >= 11 is 5.85. The van der Waals surface area contributed by atoms with Gasteiger partial charge in [0.05, 0.1) is 6.04 Å². The van der Waals surface area contributed by atoms with E-state index in [1.54, 1.807) is 24.3 Å². The Bertz CT molecular complexity index is 692. The van der Waals surface area contributed by atoms with Crippen LogP contribution in [0.5, 0.6) is 0 Å². The molecule has 0 aliphatic heterocycles. The van der Waals surface area contributed by atoms with Crippen LogP contribution in [0, 0.1) is 0 Å². The molecule has 0 saturated heterocycles. The SMILES string of the molecule is O=C(Nc1cccc(Cl)c1)C(=O)NC(CCCO)c1ccccc1. The minimum absolute atomic E-state index is 0.0217. The molecule has 1 atom stereocenters. The largest absolute Gasteiger partial charge is 0.396 e. The lowest BCUT2D eigenvalue weighted by Crippen LogP contribution is -2.38. The van der Waals surface area contributed by atoms with Crippen LogP contribution >= 0.6 is 11.6 Å². The van der Waals surface area contributed by atoms with Gasteiger partial charge in [0.15, 0.2) is 0 Å². The van der Waals surface area contributed by atoms with Gasteiger partial charge in [0, 0.05) is 17.3 Å². The van der Waals surface area contributed by atoms with Crippen LogP contribution in [0.2, 0.25) is 5.02 Å². The van der Waals surface area contributed by atoms with Gasteiger partial charge in [-0.15, -0.1) is 0 Å². The Morgan fingerprint density at radius 2 is 1.79 bits per heavy atom. The number of aliphatic hydroxyl groups is 1. The van der Waals surface area contributed by atoms with Gasteiger partial charge in [0.25, 0.3) is 0 Å². The summed E-state index contributed by atoms with van der Waals surface area (Å²) in [6, 6.07) is 15.6. The number of hydrogen-bond donors (Lipinski definition) is 3. The monoisotopic (exact) mass is 346 g/mol. The second-order valence-corrected chi connectivity index (χ2v) is 5.70. The predicted molar refractivity (Wildman–Crippen MR) is 93.7 cm³/mol. The second kappa shape index (κ2) is 9.05. The Balaban J connectivity index is 2.02. The fraction of sp³-hybridized carbons (Fsp3) is 0.222. The van der Waals surface area contributed by atoms with Crippen LogP contribution in [-0.2, 0) is 9.59 Å². The standard InChI is InChI=1S/C18H19ClN2O3/c19-14-8-4-9-15(12-14)20-17(23)18(24)21-16(10-5-11-22)13-6-2-1-3-7-13/h1-4,6-9,12,16,22H,5,10-11H2,(H,20,23)(H,21,24). The molecule has 0 aromatic heterocycles. The van der Waals surface area contributed by atoms with Crippen LogP contribution < -0.4 is 10.6 Å². The van der Waals surface area contributed by atoms with E-state index in [9.17, 15) is 9.59 Å². The molecule has 0 radical (unpaired) electrons. The zero-order chi connectivity index (χ0) is 17.4. The first-order valence-electron chi connectivity index (χ1n) is 7.63. The number of hydrogen-bond acceptors (Lipinski definition) is 3. The van der Waals surface area contributed by atoms with E-state index in [-0.39, 0.29) is 12.6 Å². The van der Waals surface area contributed by atoms with Crippen molar-refractivity contribution in [2.75, 3.05) is 11.9 Å². The zero-order valence-electron chi connectivity index (χ0n) is 13.0. The van der Waals surface area contributed by atoms with Crippen molar-refractivity contribution < 1.29 is 14.7 Å². The average Bonchev–Trinajstić information content (AvgIpc) is 2.59. The highest BCUT2D eigenvalue weighted by molar-refractivity contribution is 6.40. The third kappa shape index (κ3) is 5.37. The lowest BCUT2D eigenvalue weighted by molar-refractivity contribution is -0.136. The molecule has 0 aliphatic carbocycles. The van der Waals surface area contributed by atoms with Gasteiger partial charge in [0.1, 0.15) is 0 Å². The van der Waals surface area contributed by atoms with Crippen molar-refractivity contribution >= 4 is 29.1 Å². The molecule has 126 valence electrons. The highest BCUT2D eigenvalue weighted by atomic mass is 35.5. The number of amides is 2. The molecule has 0 fully saturated rings. The number of carbonyl (C=O) groups excluding carboxylic acids is 2. The number of carbonyl (C=O) groups is 2. The van der Waals surface area contributed by atoms with Crippen LogP contribution in [0.1, 0.15) is 24.4 Å². The molecule has 0 bridgehead atoms. The average molecular weight is 347 g/mol. The van der Waals surface area contributed by atoms with E-state index in [1.165, 1.54) is 0 Å². The molecule has 24 heavy (non-hydrogen) atoms. The van der Waals surface area contributed by atoms with Gasteiger partial charge in [-0.3, -0.25) is 9.59 Å². The van der Waals surface area contributed by atoms with E-state index in [2.05, 4.69) is 10.6 Å². The van der Waals surface area contributed by atoms with E-state index in [1.807, 2.05) is 30.3 Å². The molecule has 2 amide bonds. The van der Waals surface area contributed by atoms with Crippen molar-refractivity contribution in [3.8, 4) is 0 Å². The molecule has 1 unspecified atom stereocenters. The maximum Gasteiger partial charge on any atom is 0.313 e. The first kappa shape index (κ1) is 18.0. The molecule has 5 nitrogen and oxygen atoms in total. The summed E-state index contributed by atoms with van der Waals surface area (Å²) in [6.45, 7) is 0.0217. The quantitative estimate of drug-likeness (QED) is 0.704. The first-order chi connectivity index (χ1) is 11.6. The fourth-order valence-electron chi connectivity index (χ4n) is 2.28. The minimum Gasteiger partial charge on any atom is -0.396 e. The number of aliphatic hydroxyl groups excluding tert-OH is 1. The summed E-state index contributed by atoms with van der Waals surface area (Å²) in [4.78, 5) is 24.2. The van der Waals surface area contributed by atoms with E-state index < -0.39 is 11.8 Å². The molecule has 0 heterocycles. The molecule has 0 spiro atoms. The Morgan fingerprint density at radius 3 is 2.46 bits per heavy atom. The topological polar surface area (TPSA) is 78.4 Å². The second-order valence-electron chi connectivity index (χ2n) is 5.27. The van der Waals surface area contributed by atoms with E-state index >= 15 is 0 Å². The summed E-state index contributed by atoms with van der Waals surface area (Å²) in [5.74, 6) is -1.50. The summed E-state index contributed by atoms with van der Waals surface area (Å²) in [7, 11) is 0. The minimum atomic E-state index is -0.762. The van der Waals surface area contributed by atoms with Crippen molar-refractivity contribution in [1.29, 1.82) is 0 Å². The molecule has 2 aromatic carbocycles. The third-order valence-electron chi connectivity index (χ3n) is 3.45. The van der Waals surface area contributed by atoms with Gasteiger partial charge < -0.3 is 15.7 Å². The molecule has 0 saturated carbocycles. The molecular formula is C18H19ClN2O3. The van der Waals surface area contributed by atoms with E-state index in [0.29, 0.717) is 23.6 Å². The molecular weight excluding hydrogens is 328 g/mol. The first-order valence-corrected chi connectivity index (χ1v) is 8.01. The lowest BCUT2D eigenvalue weighted by atomic mass is 10.0. The normalized spacial score (nSPS) is 11.6. The van der Waals surface area contributed by atoms with Crippen molar-refractivity contribution in [3.63, 3.8) is 0 Å². The Morgan fingerprint density at radius 1 is 1.04 bits per heavy atom. The van der Waals surface area contributed by atoms with Crippen LogP contribution in [0.15, 0.2) is 54.6 Å². The van der Waals surface area contributed by atoms with Gasteiger partial charge in [-0.05, 0) is 36.6 Å². The van der Waals surface area contributed by atoms with Crippen LogP contribution in [-0.4, -0.2) is 23.5 Å². The number of benzene rings is 2. The van der Waals surface area contributed by atoms with Crippen LogP contribution in [0.3, 0.4) is 0 Å². The van der Waals surface area contributed by atoms with Crippen molar-refractivity contribution in [3.05, 3.63) is 65.2 Å². The van der Waals surface area contributed by atoms with Crippen molar-refractivity contribution in [2.24, 2.45) is 0 Å². The van der Waals surface area contributed by atoms with Gasteiger partial charge >= 0.3 is 11.8 Å². The zero-order valence-corrected chi connectivity index (χ0v) is 13.8. The molecule has 3 N–H and O–H groups in total. The van der Waals surface area contributed by atoms with Gasteiger partial charge in [-0.2, -0.15) is 0 Å². The van der Waals surface area contributed by atoms with Crippen LogP contribution in [0.4, 0.5) is 5.69 Å². The number of halogens is 1. The Labute approximate surface area is 145 Å². The summed E-state index contributed by atoms with van der Waals surface area (Å²) in [6.07, 6.45) is 1.06. The third-order valence-corrected chi connectivity index (χ3v) is 3.68. The van der Waals surface area contributed by atoms with Crippen molar-refractivity contribution in [1.82, 2.24) is 5.32 Å². The maximum absolute atomic E-state index is 12.2. The fourth-order valence-corrected chi connectivity index (χ4v) is 2.47. The molecule has 2 aromatic rings. The number of rotatable bonds is 6. The van der Waals surface area contributed by atoms with Gasteiger partial charge in [0.2, 0.25) is 0 Å². The summed E-state index contributed by atoms with van der Waals surface area (Å²) < 4.78 is 0. The number of nitrogens with one attached hydrogen (secondary N) is 2. The Hall–Kier alpha value is -2.37. The van der Waals surface area contributed by atoms with E-state index in [0.717, 1.165) is 5.56 Å². The lowest BCUT2D eigenvalue weighted by Gasteiger charge is -2.18.